The molecule has 0 aliphatic carbocycles. The smallest absolute Gasteiger partial charge is 0.240 e. The van der Waals surface area contributed by atoms with Crippen LogP contribution in [0.1, 0.15) is 19.3 Å². The average Bonchev–Trinajstić information content (AvgIpc) is 2.46. The highest BCUT2D eigenvalue weighted by Gasteiger charge is 2.19. The maximum atomic E-state index is 13.5. The van der Waals surface area contributed by atoms with E-state index in [1.807, 2.05) is 0 Å². The molecule has 1 aliphatic rings. The fourth-order valence-electron chi connectivity index (χ4n) is 2.21. The van der Waals surface area contributed by atoms with E-state index in [1.54, 1.807) is 0 Å². The van der Waals surface area contributed by atoms with Crippen LogP contribution in [0.25, 0.3) is 0 Å². The highest BCUT2D eigenvalue weighted by Crippen LogP contribution is 2.20. The molecule has 1 heterocycles. The summed E-state index contributed by atoms with van der Waals surface area (Å²) in [6.45, 7) is 1.22. The van der Waals surface area contributed by atoms with E-state index >= 15 is 0 Å². The number of halogens is 2. The molecule has 0 aromatic heterocycles. The summed E-state index contributed by atoms with van der Waals surface area (Å²) in [4.78, 5) is -0.0911. The largest absolute Gasteiger partial charge is 0.494 e. The summed E-state index contributed by atoms with van der Waals surface area (Å²) in [5, 5.41) is 3.25. The third-order valence-electron chi connectivity index (χ3n) is 3.37. The Morgan fingerprint density at radius 2 is 2.19 bits per heavy atom. The molecular formula is C13H20ClFN2O3S. The van der Waals surface area contributed by atoms with E-state index < -0.39 is 15.8 Å². The summed E-state index contributed by atoms with van der Waals surface area (Å²) in [6.07, 6.45) is 3.16. The van der Waals surface area contributed by atoms with Gasteiger partial charge >= 0.3 is 0 Å². The van der Waals surface area contributed by atoms with E-state index in [0.717, 1.165) is 31.9 Å². The summed E-state index contributed by atoms with van der Waals surface area (Å²) in [5.74, 6) is -0.663. The molecule has 1 atom stereocenters. The number of benzene rings is 1. The third kappa shape index (κ3) is 4.81. The third-order valence-corrected chi connectivity index (χ3v) is 4.79. The van der Waals surface area contributed by atoms with Crippen molar-refractivity contribution in [3.05, 3.63) is 24.0 Å². The van der Waals surface area contributed by atoms with Gasteiger partial charge in [-0.2, -0.15) is 0 Å². The first-order chi connectivity index (χ1) is 9.53. The molecule has 0 bridgehead atoms. The van der Waals surface area contributed by atoms with Gasteiger partial charge in [0, 0.05) is 12.6 Å². The minimum atomic E-state index is -3.69. The second-order valence-electron chi connectivity index (χ2n) is 4.80. The molecule has 120 valence electrons. The zero-order valence-corrected chi connectivity index (χ0v) is 13.4. The normalized spacial score (nSPS) is 18.9. The molecule has 1 aliphatic heterocycles. The summed E-state index contributed by atoms with van der Waals surface area (Å²) >= 11 is 0. The van der Waals surface area contributed by atoms with Gasteiger partial charge in [-0.1, -0.05) is 6.42 Å². The van der Waals surface area contributed by atoms with Crippen LogP contribution < -0.4 is 14.8 Å². The standard InChI is InChI=1S/C13H19FN2O3S.ClH/c1-19-13-6-5-11(8-12(13)14)20(17,18)16-9-10-4-2-3-7-15-10;/h5-6,8,10,15-16H,2-4,7,9H2,1H3;1H. The number of hydrogen-bond acceptors (Lipinski definition) is 4. The Kier molecular flexibility index (Phi) is 6.86. The van der Waals surface area contributed by atoms with Crippen LogP contribution in [-0.4, -0.2) is 34.7 Å². The maximum Gasteiger partial charge on any atom is 0.240 e. The van der Waals surface area contributed by atoms with Crippen molar-refractivity contribution < 1.29 is 17.5 Å². The lowest BCUT2D eigenvalue weighted by atomic mass is 10.1. The van der Waals surface area contributed by atoms with Crippen LogP contribution in [-0.2, 0) is 10.0 Å². The molecule has 5 nitrogen and oxygen atoms in total. The van der Waals surface area contributed by atoms with E-state index in [9.17, 15) is 12.8 Å². The van der Waals surface area contributed by atoms with Crippen LogP contribution in [0.15, 0.2) is 23.1 Å². The fraction of sp³-hybridized carbons (Fsp3) is 0.538. The number of ether oxygens (including phenoxy) is 1. The highest BCUT2D eigenvalue weighted by molar-refractivity contribution is 7.89. The van der Waals surface area contributed by atoms with Crippen LogP contribution in [0, 0.1) is 5.82 Å². The van der Waals surface area contributed by atoms with Gasteiger partial charge < -0.3 is 10.1 Å². The SMILES string of the molecule is COc1ccc(S(=O)(=O)NCC2CCCCN2)cc1F.Cl. The van der Waals surface area contributed by atoms with Crippen molar-refractivity contribution in [3.63, 3.8) is 0 Å². The molecule has 1 saturated heterocycles. The van der Waals surface area contributed by atoms with Gasteiger partial charge in [-0.15, -0.1) is 12.4 Å². The predicted molar refractivity (Wildman–Crippen MR) is 81.0 cm³/mol. The Hall–Kier alpha value is -0.890. The number of sulfonamides is 1. The van der Waals surface area contributed by atoms with Crippen molar-refractivity contribution in [3.8, 4) is 5.75 Å². The molecule has 1 unspecified atom stereocenters. The monoisotopic (exact) mass is 338 g/mol. The Morgan fingerprint density at radius 3 is 2.76 bits per heavy atom. The summed E-state index contributed by atoms with van der Waals surface area (Å²) < 4.78 is 45.0. The van der Waals surface area contributed by atoms with Crippen LogP contribution in [0.4, 0.5) is 4.39 Å². The summed E-state index contributed by atoms with van der Waals surface area (Å²) in [7, 11) is -2.36. The van der Waals surface area contributed by atoms with Crippen molar-refractivity contribution in [1.29, 1.82) is 0 Å². The molecule has 1 aromatic rings. The number of hydrogen-bond donors (Lipinski definition) is 2. The van der Waals surface area contributed by atoms with Crippen molar-refractivity contribution in [2.75, 3.05) is 20.2 Å². The van der Waals surface area contributed by atoms with E-state index in [-0.39, 0.29) is 29.1 Å². The molecule has 0 amide bonds. The zero-order valence-electron chi connectivity index (χ0n) is 11.8. The summed E-state index contributed by atoms with van der Waals surface area (Å²) in [5.41, 5.74) is 0. The fourth-order valence-corrected chi connectivity index (χ4v) is 3.30. The Morgan fingerprint density at radius 1 is 1.43 bits per heavy atom. The maximum absolute atomic E-state index is 13.5. The minimum Gasteiger partial charge on any atom is -0.494 e. The molecule has 0 spiro atoms. The van der Waals surface area contributed by atoms with Crippen LogP contribution in [0.3, 0.4) is 0 Å². The van der Waals surface area contributed by atoms with Gasteiger partial charge in [-0.25, -0.2) is 17.5 Å². The first-order valence-electron chi connectivity index (χ1n) is 6.59. The Labute approximate surface area is 130 Å². The van der Waals surface area contributed by atoms with E-state index in [2.05, 4.69) is 10.0 Å². The highest BCUT2D eigenvalue weighted by atomic mass is 35.5. The summed E-state index contributed by atoms with van der Waals surface area (Å²) in [6, 6.07) is 3.75. The van der Waals surface area contributed by atoms with Gasteiger partial charge in [0.2, 0.25) is 10.0 Å². The first-order valence-corrected chi connectivity index (χ1v) is 8.08. The molecule has 1 aromatic carbocycles. The van der Waals surface area contributed by atoms with Gasteiger partial charge in [-0.05, 0) is 37.6 Å². The topological polar surface area (TPSA) is 67.4 Å². The Bertz CT molecular complexity index is 563. The van der Waals surface area contributed by atoms with Crippen LogP contribution in [0.2, 0.25) is 0 Å². The number of methoxy groups -OCH3 is 1. The predicted octanol–water partition coefficient (Wildman–Crippen LogP) is 1.68. The quantitative estimate of drug-likeness (QED) is 0.857. The molecule has 21 heavy (non-hydrogen) atoms. The van der Waals surface area contributed by atoms with Crippen molar-refractivity contribution in [2.45, 2.75) is 30.2 Å². The molecule has 8 heteroatoms. The van der Waals surface area contributed by atoms with Crippen LogP contribution >= 0.6 is 12.4 Å². The van der Waals surface area contributed by atoms with Gasteiger partial charge in [0.25, 0.3) is 0 Å². The van der Waals surface area contributed by atoms with Crippen molar-refractivity contribution in [1.82, 2.24) is 10.0 Å². The van der Waals surface area contributed by atoms with E-state index in [1.165, 1.54) is 19.2 Å². The second kappa shape index (κ2) is 7.93. The van der Waals surface area contributed by atoms with Gasteiger partial charge in [0.1, 0.15) is 0 Å². The number of rotatable bonds is 5. The van der Waals surface area contributed by atoms with Crippen molar-refractivity contribution in [2.24, 2.45) is 0 Å². The lowest BCUT2D eigenvalue weighted by Crippen LogP contribution is -2.43. The molecule has 2 rings (SSSR count). The first kappa shape index (κ1) is 18.2. The second-order valence-corrected chi connectivity index (χ2v) is 6.56. The van der Waals surface area contributed by atoms with Gasteiger partial charge in [0.15, 0.2) is 11.6 Å². The molecule has 2 N–H and O–H groups in total. The van der Waals surface area contributed by atoms with Gasteiger partial charge in [-0.3, -0.25) is 0 Å². The number of piperidine rings is 1. The average molecular weight is 339 g/mol. The molecular weight excluding hydrogens is 319 g/mol. The lowest BCUT2D eigenvalue weighted by molar-refractivity contribution is 0.385. The van der Waals surface area contributed by atoms with Crippen molar-refractivity contribution >= 4 is 22.4 Å². The minimum absolute atomic E-state index is 0. The van der Waals surface area contributed by atoms with Crippen LogP contribution in [0.5, 0.6) is 5.75 Å². The Balaban J connectivity index is 0.00000220. The lowest BCUT2D eigenvalue weighted by Gasteiger charge is -2.23. The van der Waals surface area contributed by atoms with Gasteiger partial charge in [0.05, 0.1) is 12.0 Å². The molecule has 0 radical (unpaired) electrons. The molecule has 1 fully saturated rings. The zero-order chi connectivity index (χ0) is 14.6. The van der Waals surface area contributed by atoms with E-state index in [0.29, 0.717) is 6.54 Å². The molecule has 0 saturated carbocycles. The number of nitrogens with one attached hydrogen (secondary N) is 2. The van der Waals surface area contributed by atoms with E-state index in [4.69, 9.17) is 4.74 Å².